The highest BCUT2D eigenvalue weighted by Crippen LogP contribution is 2.43. The Hall–Kier alpha value is -2.35. The lowest BCUT2D eigenvalue weighted by atomic mass is 10.1. The van der Waals surface area contributed by atoms with Gasteiger partial charge in [-0.3, -0.25) is 0 Å². The number of benzene rings is 3. The van der Waals surface area contributed by atoms with E-state index in [-0.39, 0.29) is 12.4 Å². The van der Waals surface area contributed by atoms with Crippen molar-refractivity contribution in [3.8, 4) is 5.75 Å². The van der Waals surface area contributed by atoms with Crippen LogP contribution in [0.4, 0.5) is 0 Å². The molecule has 0 spiro atoms. The van der Waals surface area contributed by atoms with E-state index in [1.165, 1.54) is 5.56 Å². The van der Waals surface area contributed by atoms with Gasteiger partial charge in [0.1, 0.15) is 12.1 Å². The van der Waals surface area contributed by atoms with Crippen molar-refractivity contribution in [3.63, 3.8) is 0 Å². The molecule has 134 valence electrons. The molecule has 3 nitrogen and oxygen atoms in total. The van der Waals surface area contributed by atoms with Crippen molar-refractivity contribution in [2.24, 2.45) is 5.73 Å². The average Bonchev–Trinajstić information content (AvgIpc) is 2.68. The molecule has 0 unspecified atom stereocenters. The Morgan fingerprint density at radius 1 is 0.846 bits per heavy atom. The summed E-state index contributed by atoms with van der Waals surface area (Å²) in [5.41, 5.74) is 7.01. The molecule has 26 heavy (non-hydrogen) atoms. The molecular weight excluding hydrogens is 341 g/mol. The largest absolute Gasteiger partial charge is 0.485 e. The van der Waals surface area contributed by atoms with Gasteiger partial charge in [0.15, 0.2) is 7.14 Å². The predicted octanol–water partition coefficient (Wildman–Crippen LogP) is 3.93. The molecule has 2 N–H and O–H groups in total. The van der Waals surface area contributed by atoms with Gasteiger partial charge >= 0.3 is 0 Å². The monoisotopic (exact) mass is 365 g/mol. The summed E-state index contributed by atoms with van der Waals surface area (Å²) >= 11 is 0. The van der Waals surface area contributed by atoms with E-state index in [0.29, 0.717) is 5.75 Å². The molecule has 0 amide bonds. The average molecular weight is 365 g/mol. The summed E-state index contributed by atoms with van der Waals surface area (Å²) in [7, 11) is -2.87. The first-order chi connectivity index (χ1) is 12.6. The van der Waals surface area contributed by atoms with Gasteiger partial charge < -0.3 is 15.0 Å². The van der Waals surface area contributed by atoms with Crippen molar-refractivity contribution < 1.29 is 9.30 Å². The quantitative estimate of drug-likeness (QED) is 0.646. The summed E-state index contributed by atoms with van der Waals surface area (Å²) in [6, 6.07) is 27.1. The zero-order valence-electron chi connectivity index (χ0n) is 14.9. The highest BCUT2D eigenvalue weighted by molar-refractivity contribution is 7.78. The van der Waals surface area contributed by atoms with Crippen molar-refractivity contribution in [1.29, 1.82) is 0 Å². The third-order valence-corrected chi connectivity index (χ3v) is 7.00. The van der Waals surface area contributed by atoms with Crippen LogP contribution in [0.5, 0.6) is 5.75 Å². The number of hydrogen-bond acceptors (Lipinski definition) is 3. The fourth-order valence-corrected chi connectivity index (χ4v) is 5.13. The molecule has 3 aromatic rings. The summed E-state index contributed by atoms with van der Waals surface area (Å²) in [6.45, 7) is 1.99. The first-order valence-corrected chi connectivity index (χ1v) is 10.6. The van der Waals surface area contributed by atoms with Crippen molar-refractivity contribution in [3.05, 3.63) is 90.5 Å². The number of nitrogens with two attached hydrogens (primary N) is 1. The van der Waals surface area contributed by atoms with Crippen LogP contribution >= 0.6 is 7.14 Å². The van der Waals surface area contributed by atoms with E-state index in [1.807, 2.05) is 91.9 Å². The summed E-state index contributed by atoms with van der Waals surface area (Å²) in [5.74, 6) is 0.713. The summed E-state index contributed by atoms with van der Waals surface area (Å²) in [4.78, 5) is 0. The minimum Gasteiger partial charge on any atom is -0.485 e. The number of ether oxygens (including phenoxy) is 1. The molecular formula is C22H24NO2P. The van der Waals surface area contributed by atoms with Crippen LogP contribution in [0.25, 0.3) is 0 Å². The van der Waals surface area contributed by atoms with Crippen molar-refractivity contribution in [2.75, 3.05) is 6.35 Å². The van der Waals surface area contributed by atoms with E-state index in [1.54, 1.807) is 0 Å². The lowest BCUT2D eigenvalue weighted by Crippen LogP contribution is -2.21. The molecule has 0 radical (unpaired) electrons. The summed E-state index contributed by atoms with van der Waals surface area (Å²) in [5, 5.41) is 1.61. The first-order valence-electron chi connectivity index (χ1n) is 8.75. The molecule has 1 atom stereocenters. The van der Waals surface area contributed by atoms with Crippen LogP contribution in [0.3, 0.4) is 0 Å². The zero-order chi connectivity index (χ0) is 18.4. The van der Waals surface area contributed by atoms with Gasteiger partial charge in [0.05, 0.1) is 0 Å². The van der Waals surface area contributed by atoms with Gasteiger partial charge in [-0.1, -0.05) is 72.8 Å². The van der Waals surface area contributed by atoms with E-state index < -0.39 is 7.14 Å². The molecule has 3 rings (SSSR count). The normalized spacial score (nSPS) is 12.5. The summed E-state index contributed by atoms with van der Waals surface area (Å²) in [6.07, 6.45) is 0.959. The van der Waals surface area contributed by atoms with Crippen LogP contribution in [-0.2, 0) is 11.0 Å². The van der Waals surface area contributed by atoms with Gasteiger partial charge in [0.2, 0.25) is 0 Å². The lowest BCUT2D eigenvalue weighted by Gasteiger charge is -2.20. The van der Waals surface area contributed by atoms with Crippen LogP contribution in [0, 0.1) is 0 Å². The first kappa shape index (κ1) is 18.4. The summed E-state index contributed by atoms with van der Waals surface area (Å²) < 4.78 is 19.8. The Morgan fingerprint density at radius 3 is 1.81 bits per heavy atom. The van der Waals surface area contributed by atoms with Gasteiger partial charge in [-0.05, 0) is 31.0 Å². The molecule has 0 aromatic heterocycles. The molecule has 0 aliphatic rings. The van der Waals surface area contributed by atoms with Crippen LogP contribution in [-0.4, -0.2) is 12.4 Å². The predicted molar refractivity (Wildman–Crippen MR) is 109 cm³/mol. The van der Waals surface area contributed by atoms with Crippen molar-refractivity contribution in [1.82, 2.24) is 0 Å². The van der Waals surface area contributed by atoms with Gasteiger partial charge in [-0.15, -0.1) is 0 Å². The van der Waals surface area contributed by atoms with Gasteiger partial charge in [0, 0.05) is 16.7 Å². The Morgan fingerprint density at radius 2 is 1.35 bits per heavy atom. The SMILES string of the molecule is C[C@@H](N)Cc1ccc(OCP(=O)(c2ccccc2)c2ccccc2)cc1. The fraction of sp³-hybridized carbons (Fsp3) is 0.182. The second-order valence-electron chi connectivity index (χ2n) is 6.51. The van der Waals surface area contributed by atoms with Gasteiger partial charge in [-0.2, -0.15) is 0 Å². The number of rotatable bonds is 7. The van der Waals surface area contributed by atoms with E-state index in [0.717, 1.165) is 17.0 Å². The lowest BCUT2D eigenvalue weighted by molar-refractivity contribution is 0.379. The molecule has 0 aliphatic heterocycles. The van der Waals surface area contributed by atoms with E-state index in [4.69, 9.17) is 10.5 Å². The molecule has 0 bridgehead atoms. The maximum absolute atomic E-state index is 13.9. The van der Waals surface area contributed by atoms with Crippen molar-refractivity contribution in [2.45, 2.75) is 19.4 Å². The molecule has 3 aromatic carbocycles. The van der Waals surface area contributed by atoms with E-state index >= 15 is 0 Å². The Balaban J connectivity index is 1.82. The van der Waals surface area contributed by atoms with Crippen LogP contribution < -0.4 is 21.1 Å². The number of hydrogen-bond donors (Lipinski definition) is 1. The van der Waals surface area contributed by atoms with Crippen LogP contribution in [0.1, 0.15) is 12.5 Å². The van der Waals surface area contributed by atoms with Gasteiger partial charge in [0.25, 0.3) is 0 Å². The molecule has 4 heteroatoms. The third kappa shape index (κ3) is 4.43. The highest BCUT2D eigenvalue weighted by Gasteiger charge is 2.28. The smallest absolute Gasteiger partial charge is 0.178 e. The Kier molecular flexibility index (Phi) is 5.92. The topological polar surface area (TPSA) is 52.3 Å². The van der Waals surface area contributed by atoms with E-state index in [9.17, 15) is 4.57 Å². The van der Waals surface area contributed by atoms with E-state index in [2.05, 4.69) is 0 Å². The van der Waals surface area contributed by atoms with Gasteiger partial charge in [-0.25, -0.2) is 0 Å². The molecule has 0 fully saturated rings. The van der Waals surface area contributed by atoms with Crippen LogP contribution in [0.2, 0.25) is 0 Å². The molecule has 0 saturated carbocycles. The third-order valence-electron chi connectivity index (χ3n) is 4.24. The Labute approximate surface area is 155 Å². The Bertz CT molecular complexity index is 818. The molecule has 0 heterocycles. The highest BCUT2D eigenvalue weighted by atomic mass is 31.2. The minimum atomic E-state index is -2.87. The standard InChI is InChI=1S/C22H24NO2P/c1-18(23)16-19-12-14-20(15-13-19)25-17-26(24,21-8-4-2-5-9-21)22-10-6-3-7-11-22/h2-15,18H,16-17,23H2,1H3/t18-/m1/s1. The zero-order valence-corrected chi connectivity index (χ0v) is 15.8. The maximum atomic E-state index is 13.9. The van der Waals surface area contributed by atoms with Crippen LogP contribution in [0.15, 0.2) is 84.9 Å². The minimum absolute atomic E-state index is 0.123. The second kappa shape index (κ2) is 8.35. The van der Waals surface area contributed by atoms with Crippen molar-refractivity contribution >= 4 is 17.8 Å². The second-order valence-corrected chi connectivity index (χ2v) is 9.28. The maximum Gasteiger partial charge on any atom is 0.178 e. The fourth-order valence-electron chi connectivity index (χ4n) is 2.89. The molecule has 0 saturated heterocycles. The molecule has 0 aliphatic carbocycles.